The Balaban J connectivity index is 2.39. The lowest BCUT2D eigenvalue weighted by Gasteiger charge is -2.22. The molecule has 1 aliphatic heterocycles. The molecule has 1 rings (SSSR count). The average molecular weight is 218 g/mol. The van der Waals surface area contributed by atoms with E-state index in [0.717, 1.165) is 0 Å². The summed E-state index contributed by atoms with van der Waals surface area (Å²) in [6.07, 6.45) is 0. The van der Waals surface area contributed by atoms with Crippen LogP contribution in [0.15, 0.2) is 12.3 Å². The summed E-state index contributed by atoms with van der Waals surface area (Å²) in [4.78, 5) is 0. The second kappa shape index (κ2) is 6.31. The van der Waals surface area contributed by atoms with Crippen LogP contribution in [0.25, 0.3) is 0 Å². The van der Waals surface area contributed by atoms with E-state index in [1.807, 2.05) is 6.55 Å². The Bertz CT molecular complexity index is 162. The SMILES string of the molecule is C=C[Si]1(C)OCCOCCOCCO1. The molecule has 82 valence electrons. The smallest absolute Gasteiger partial charge is 0.361 e. The zero-order valence-electron chi connectivity index (χ0n) is 8.66. The minimum Gasteiger partial charge on any atom is -0.389 e. The van der Waals surface area contributed by atoms with Crippen LogP contribution >= 0.6 is 0 Å². The maximum atomic E-state index is 5.63. The van der Waals surface area contributed by atoms with E-state index in [1.165, 1.54) is 0 Å². The highest BCUT2D eigenvalue weighted by atomic mass is 28.4. The summed E-state index contributed by atoms with van der Waals surface area (Å²) in [6, 6.07) is 0. The molecule has 0 radical (unpaired) electrons. The van der Waals surface area contributed by atoms with Gasteiger partial charge < -0.3 is 18.3 Å². The van der Waals surface area contributed by atoms with E-state index in [1.54, 1.807) is 5.70 Å². The topological polar surface area (TPSA) is 36.9 Å². The van der Waals surface area contributed by atoms with E-state index in [2.05, 4.69) is 6.58 Å². The summed E-state index contributed by atoms with van der Waals surface area (Å²) >= 11 is 0. The Morgan fingerprint density at radius 2 is 1.36 bits per heavy atom. The standard InChI is InChI=1S/C9H18O4Si/c1-3-14(2)12-8-6-10-4-5-11-7-9-13-14/h3H,1,4-9H2,2H3. The van der Waals surface area contributed by atoms with Crippen molar-refractivity contribution in [1.29, 1.82) is 0 Å². The summed E-state index contributed by atoms with van der Waals surface area (Å²) in [5.41, 5.74) is 1.78. The highest BCUT2D eigenvalue weighted by Gasteiger charge is 2.27. The highest BCUT2D eigenvalue weighted by molar-refractivity contribution is 6.71. The number of rotatable bonds is 1. The van der Waals surface area contributed by atoms with Crippen LogP contribution in [0.1, 0.15) is 0 Å². The molecule has 0 bridgehead atoms. The molecule has 0 aliphatic carbocycles. The first-order chi connectivity index (χ1) is 6.77. The molecule has 4 nitrogen and oxygen atoms in total. The normalized spacial score (nSPS) is 24.9. The summed E-state index contributed by atoms with van der Waals surface area (Å²) in [6.45, 7) is 9.25. The lowest BCUT2D eigenvalue weighted by atomic mass is 10.7. The summed E-state index contributed by atoms with van der Waals surface area (Å²) in [5, 5.41) is 0. The van der Waals surface area contributed by atoms with E-state index in [9.17, 15) is 0 Å². The fourth-order valence-electron chi connectivity index (χ4n) is 1.09. The fraction of sp³-hybridized carbons (Fsp3) is 0.778. The third-order valence-corrected chi connectivity index (χ3v) is 4.27. The van der Waals surface area contributed by atoms with E-state index < -0.39 is 8.56 Å². The molecule has 0 N–H and O–H groups in total. The van der Waals surface area contributed by atoms with Crippen molar-refractivity contribution < 1.29 is 18.3 Å². The first-order valence-corrected chi connectivity index (χ1v) is 7.23. The van der Waals surface area contributed by atoms with Gasteiger partial charge in [0.05, 0.1) is 39.6 Å². The predicted molar refractivity (Wildman–Crippen MR) is 55.4 cm³/mol. The average Bonchev–Trinajstić information content (AvgIpc) is 2.24. The van der Waals surface area contributed by atoms with E-state index in [-0.39, 0.29) is 0 Å². The van der Waals surface area contributed by atoms with Crippen LogP contribution in [0.4, 0.5) is 0 Å². The molecule has 1 heterocycles. The molecule has 0 saturated carbocycles. The molecule has 1 fully saturated rings. The van der Waals surface area contributed by atoms with Gasteiger partial charge in [-0.1, -0.05) is 0 Å². The van der Waals surface area contributed by atoms with Crippen LogP contribution in [0, 0.1) is 0 Å². The van der Waals surface area contributed by atoms with Crippen LogP contribution in [-0.4, -0.2) is 48.2 Å². The number of hydrogen-bond donors (Lipinski definition) is 0. The van der Waals surface area contributed by atoms with Gasteiger partial charge >= 0.3 is 8.56 Å². The number of ether oxygens (including phenoxy) is 2. The molecule has 0 aromatic carbocycles. The van der Waals surface area contributed by atoms with E-state index in [0.29, 0.717) is 39.6 Å². The van der Waals surface area contributed by atoms with Gasteiger partial charge in [-0.25, -0.2) is 0 Å². The first kappa shape index (κ1) is 11.9. The van der Waals surface area contributed by atoms with Crippen molar-refractivity contribution in [3.8, 4) is 0 Å². The van der Waals surface area contributed by atoms with E-state index >= 15 is 0 Å². The van der Waals surface area contributed by atoms with Crippen molar-refractivity contribution in [2.75, 3.05) is 39.6 Å². The molecule has 0 unspecified atom stereocenters. The monoisotopic (exact) mass is 218 g/mol. The van der Waals surface area contributed by atoms with Crippen molar-refractivity contribution in [3.63, 3.8) is 0 Å². The second-order valence-corrected chi connectivity index (χ2v) is 6.16. The van der Waals surface area contributed by atoms with Crippen molar-refractivity contribution in [2.45, 2.75) is 6.55 Å². The van der Waals surface area contributed by atoms with Crippen molar-refractivity contribution >= 4 is 8.56 Å². The van der Waals surface area contributed by atoms with Crippen LogP contribution in [0.3, 0.4) is 0 Å². The molecule has 1 saturated heterocycles. The van der Waals surface area contributed by atoms with Gasteiger partial charge in [-0.3, -0.25) is 0 Å². The molecular formula is C9H18O4Si. The zero-order chi connectivity index (χ0) is 10.3. The van der Waals surface area contributed by atoms with Crippen LogP contribution in [0.2, 0.25) is 6.55 Å². The molecule has 14 heavy (non-hydrogen) atoms. The van der Waals surface area contributed by atoms with Gasteiger partial charge in [0, 0.05) is 0 Å². The summed E-state index contributed by atoms with van der Waals surface area (Å²) < 4.78 is 21.8. The van der Waals surface area contributed by atoms with Crippen molar-refractivity contribution in [2.24, 2.45) is 0 Å². The quantitative estimate of drug-likeness (QED) is 0.612. The minimum absolute atomic E-state index is 0.564. The third-order valence-electron chi connectivity index (χ3n) is 1.98. The molecule has 0 spiro atoms. The maximum absolute atomic E-state index is 5.63. The third kappa shape index (κ3) is 4.34. The second-order valence-electron chi connectivity index (χ2n) is 3.14. The Kier molecular flexibility index (Phi) is 5.35. The molecular weight excluding hydrogens is 200 g/mol. The highest BCUT2D eigenvalue weighted by Crippen LogP contribution is 2.08. The Hall–Kier alpha value is -0.203. The maximum Gasteiger partial charge on any atom is 0.361 e. The summed E-state index contributed by atoms with van der Waals surface area (Å²) in [5.74, 6) is 0. The Morgan fingerprint density at radius 3 is 1.79 bits per heavy atom. The lowest BCUT2D eigenvalue weighted by molar-refractivity contribution is 0.0375. The zero-order valence-corrected chi connectivity index (χ0v) is 9.66. The molecule has 0 aromatic rings. The first-order valence-electron chi connectivity index (χ1n) is 4.84. The minimum atomic E-state index is -2.17. The van der Waals surface area contributed by atoms with Crippen molar-refractivity contribution in [1.82, 2.24) is 0 Å². The van der Waals surface area contributed by atoms with Gasteiger partial charge in [0.25, 0.3) is 0 Å². The lowest BCUT2D eigenvalue weighted by Crippen LogP contribution is -2.38. The number of hydrogen-bond acceptors (Lipinski definition) is 4. The summed E-state index contributed by atoms with van der Waals surface area (Å²) in [7, 11) is -2.17. The van der Waals surface area contributed by atoms with Gasteiger partial charge in [0.1, 0.15) is 0 Å². The van der Waals surface area contributed by atoms with Crippen LogP contribution < -0.4 is 0 Å². The largest absolute Gasteiger partial charge is 0.389 e. The van der Waals surface area contributed by atoms with Crippen LogP contribution in [-0.2, 0) is 18.3 Å². The molecule has 0 aromatic heterocycles. The van der Waals surface area contributed by atoms with E-state index in [4.69, 9.17) is 18.3 Å². The molecule has 0 atom stereocenters. The van der Waals surface area contributed by atoms with Gasteiger partial charge in [0.15, 0.2) is 0 Å². The predicted octanol–water partition coefficient (Wildman–Crippen LogP) is 0.864. The Labute approximate surface area is 86.0 Å². The van der Waals surface area contributed by atoms with Gasteiger partial charge in [-0.2, -0.15) is 0 Å². The van der Waals surface area contributed by atoms with Crippen LogP contribution in [0.5, 0.6) is 0 Å². The molecule has 0 amide bonds. The molecule has 5 heteroatoms. The van der Waals surface area contributed by atoms with Gasteiger partial charge in [-0.15, -0.1) is 6.58 Å². The van der Waals surface area contributed by atoms with Gasteiger partial charge in [-0.05, 0) is 12.2 Å². The Morgan fingerprint density at radius 1 is 0.929 bits per heavy atom. The fourth-order valence-corrected chi connectivity index (χ4v) is 2.38. The molecule has 1 aliphatic rings. The van der Waals surface area contributed by atoms with Crippen molar-refractivity contribution in [3.05, 3.63) is 12.3 Å². The van der Waals surface area contributed by atoms with Gasteiger partial charge in [0.2, 0.25) is 0 Å².